The van der Waals surface area contributed by atoms with Gasteiger partial charge in [0.05, 0.1) is 23.8 Å². The van der Waals surface area contributed by atoms with Crippen LogP contribution in [-0.2, 0) is 4.74 Å². The Kier molecular flexibility index (Phi) is 6.63. The van der Waals surface area contributed by atoms with Crippen LogP contribution in [0.2, 0.25) is 0 Å². The molecule has 3 atom stereocenters. The lowest BCUT2D eigenvalue weighted by Gasteiger charge is -2.23. The minimum Gasteiger partial charge on any atom is -0.388 e. The molecule has 1 aliphatic heterocycles. The van der Waals surface area contributed by atoms with Crippen molar-refractivity contribution in [2.24, 2.45) is 0 Å². The van der Waals surface area contributed by atoms with Crippen LogP contribution in [0.4, 0.5) is 9.80 Å². The third-order valence-electron chi connectivity index (χ3n) is 3.74. The molecule has 1 aromatic rings. The summed E-state index contributed by atoms with van der Waals surface area (Å²) in [4.78, 5) is 14.0. The highest BCUT2D eigenvalue weighted by molar-refractivity contribution is 7.14. The Morgan fingerprint density at radius 3 is 3.09 bits per heavy atom. The summed E-state index contributed by atoms with van der Waals surface area (Å²) < 4.78 is 5.63. The van der Waals surface area contributed by atoms with E-state index in [0.29, 0.717) is 13.2 Å². The Bertz CT molecular complexity index is 455. The van der Waals surface area contributed by atoms with Gasteiger partial charge in [-0.25, -0.2) is 4.79 Å². The molecule has 0 bridgehead atoms. The number of carbonyl (C=O) groups is 1. The number of unbranched alkanes of at least 4 members (excludes halogenated alkanes) is 1. The lowest BCUT2D eigenvalue weighted by molar-refractivity contribution is 0.0202. The molecule has 2 amide bonds. The Morgan fingerprint density at radius 2 is 2.41 bits per heavy atom. The molecule has 2 rings (SSSR count). The van der Waals surface area contributed by atoms with Crippen LogP contribution >= 0.6 is 11.3 Å². The van der Waals surface area contributed by atoms with E-state index in [-0.39, 0.29) is 18.2 Å². The number of hydrogen-bond donors (Lipinski definition) is 3. The quantitative estimate of drug-likeness (QED) is 0.713. The van der Waals surface area contributed by atoms with Crippen LogP contribution in [0, 0.1) is 0 Å². The maximum Gasteiger partial charge on any atom is 0.320 e. The summed E-state index contributed by atoms with van der Waals surface area (Å²) in [5.41, 5.74) is 0. The zero-order valence-electron chi connectivity index (χ0n) is 13.1. The number of urea groups is 1. The average molecular weight is 327 g/mol. The fraction of sp³-hybridized carbons (Fsp3) is 0.667. The van der Waals surface area contributed by atoms with Gasteiger partial charge in [-0.3, -0.25) is 5.32 Å². The van der Waals surface area contributed by atoms with Gasteiger partial charge in [-0.1, -0.05) is 13.3 Å². The molecule has 1 fully saturated rings. The van der Waals surface area contributed by atoms with Gasteiger partial charge in [0.15, 0.2) is 0 Å². The molecule has 7 heteroatoms. The predicted octanol–water partition coefficient (Wildman–Crippen LogP) is 1.73. The maximum absolute atomic E-state index is 11.9. The average Bonchev–Trinajstić information content (AvgIpc) is 3.10. The van der Waals surface area contributed by atoms with Crippen molar-refractivity contribution in [1.29, 1.82) is 0 Å². The van der Waals surface area contributed by atoms with E-state index in [4.69, 9.17) is 4.74 Å². The molecule has 0 aliphatic carbocycles. The van der Waals surface area contributed by atoms with Crippen LogP contribution in [0.1, 0.15) is 19.8 Å². The highest BCUT2D eigenvalue weighted by atomic mass is 32.1. The molecule has 0 saturated carbocycles. The molecular formula is C15H25N3O3S. The predicted molar refractivity (Wildman–Crippen MR) is 88.4 cm³/mol. The van der Waals surface area contributed by atoms with E-state index >= 15 is 0 Å². The minimum absolute atomic E-state index is 0.256. The fourth-order valence-electron chi connectivity index (χ4n) is 2.46. The second-order valence-electron chi connectivity index (χ2n) is 5.66. The molecule has 1 aliphatic rings. The monoisotopic (exact) mass is 327 g/mol. The number of aliphatic hydroxyl groups is 1. The maximum atomic E-state index is 11.9. The van der Waals surface area contributed by atoms with Crippen molar-refractivity contribution in [3.63, 3.8) is 0 Å². The summed E-state index contributed by atoms with van der Waals surface area (Å²) in [6, 6.07) is 3.02. The van der Waals surface area contributed by atoms with Crippen molar-refractivity contribution < 1.29 is 14.6 Å². The van der Waals surface area contributed by atoms with Crippen molar-refractivity contribution in [2.45, 2.75) is 38.0 Å². The van der Waals surface area contributed by atoms with E-state index in [1.165, 1.54) is 11.3 Å². The van der Waals surface area contributed by atoms with Gasteiger partial charge in [-0.2, -0.15) is 0 Å². The molecule has 0 radical (unpaired) electrons. The molecular weight excluding hydrogens is 302 g/mol. The first-order valence-electron chi connectivity index (χ1n) is 7.69. The summed E-state index contributed by atoms with van der Waals surface area (Å²) >= 11 is 1.45. The highest BCUT2D eigenvalue weighted by Gasteiger charge is 2.37. The molecule has 0 aromatic carbocycles. The molecule has 1 aromatic heterocycles. The molecule has 22 heavy (non-hydrogen) atoms. The lowest BCUT2D eigenvalue weighted by atomic mass is 10.1. The Labute approximate surface area is 135 Å². The second-order valence-corrected chi connectivity index (χ2v) is 6.61. The van der Waals surface area contributed by atoms with E-state index in [1.54, 1.807) is 0 Å². The van der Waals surface area contributed by atoms with Gasteiger partial charge in [-0.15, -0.1) is 11.3 Å². The number of nitrogens with zero attached hydrogens (tertiary/aromatic N) is 1. The first-order chi connectivity index (χ1) is 10.6. The summed E-state index contributed by atoms with van der Waals surface area (Å²) in [6.45, 7) is 4.15. The standard InChI is InChI=1S/C15H25N3O3S/c1-3-4-7-18(2)9-12-14(19)11(10-21-12)16-15(20)17-13-6-5-8-22-13/h5-6,8,11-12,14,19H,3-4,7,9-10H2,1-2H3,(H2,16,17,20)/t11-,12-,14+/m0/s1. The van der Waals surface area contributed by atoms with E-state index < -0.39 is 6.10 Å². The minimum atomic E-state index is -0.682. The number of hydrogen-bond acceptors (Lipinski definition) is 5. The highest BCUT2D eigenvalue weighted by Crippen LogP contribution is 2.17. The molecule has 6 nitrogen and oxygen atoms in total. The van der Waals surface area contributed by atoms with Gasteiger partial charge in [0.1, 0.15) is 6.10 Å². The van der Waals surface area contributed by atoms with E-state index in [2.05, 4.69) is 22.5 Å². The van der Waals surface area contributed by atoms with Crippen molar-refractivity contribution in [1.82, 2.24) is 10.2 Å². The van der Waals surface area contributed by atoms with E-state index in [9.17, 15) is 9.90 Å². The van der Waals surface area contributed by atoms with Gasteiger partial charge in [0.2, 0.25) is 0 Å². The molecule has 0 spiro atoms. The second kappa shape index (κ2) is 8.47. The number of carbonyl (C=O) groups excluding carboxylic acids is 1. The SMILES string of the molecule is CCCCN(C)C[C@@H]1OC[C@H](NC(=O)Nc2cccs2)[C@H]1O. The van der Waals surface area contributed by atoms with E-state index in [0.717, 1.165) is 24.4 Å². The smallest absolute Gasteiger partial charge is 0.320 e. The molecule has 2 heterocycles. The first kappa shape index (κ1) is 17.2. The Balaban J connectivity index is 1.75. The van der Waals surface area contributed by atoms with Crippen LogP contribution in [0.5, 0.6) is 0 Å². The van der Waals surface area contributed by atoms with Gasteiger partial charge in [0, 0.05) is 6.54 Å². The van der Waals surface area contributed by atoms with Crippen LogP contribution in [0.15, 0.2) is 17.5 Å². The summed E-state index contributed by atoms with van der Waals surface area (Å²) in [6.07, 6.45) is 1.34. The lowest BCUT2D eigenvalue weighted by Crippen LogP contribution is -2.47. The van der Waals surface area contributed by atoms with Gasteiger partial charge in [-0.05, 0) is 37.5 Å². The summed E-state index contributed by atoms with van der Waals surface area (Å²) in [5, 5.41) is 18.5. The molecule has 1 saturated heterocycles. The van der Waals surface area contributed by atoms with Crippen molar-refractivity contribution in [3.05, 3.63) is 17.5 Å². The molecule has 124 valence electrons. The normalized spacial score (nSPS) is 24.6. The Hall–Kier alpha value is -1.15. The third kappa shape index (κ3) is 4.95. The number of likely N-dealkylation sites (N-methyl/N-ethyl adjacent to an activating group) is 1. The van der Waals surface area contributed by atoms with Gasteiger partial charge in [0.25, 0.3) is 0 Å². The number of nitrogens with one attached hydrogen (secondary N) is 2. The van der Waals surface area contributed by atoms with Crippen LogP contribution in [0.3, 0.4) is 0 Å². The Morgan fingerprint density at radius 1 is 1.59 bits per heavy atom. The number of aliphatic hydroxyl groups excluding tert-OH is 1. The van der Waals surface area contributed by atoms with E-state index in [1.807, 2.05) is 24.6 Å². The van der Waals surface area contributed by atoms with Crippen LogP contribution < -0.4 is 10.6 Å². The number of anilines is 1. The number of thiophene rings is 1. The van der Waals surface area contributed by atoms with Crippen molar-refractivity contribution in [2.75, 3.05) is 32.1 Å². The summed E-state index contributed by atoms with van der Waals surface area (Å²) in [5.74, 6) is 0. The number of rotatable bonds is 7. The van der Waals surface area contributed by atoms with Gasteiger partial charge >= 0.3 is 6.03 Å². The number of amides is 2. The first-order valence-corrected chi connectivity index (χ1v) is 8.57. The topological polar surface area (TPSA) is 73.8 Å². The summed E-state index contributed by atoms with van der Waals surface area (Å²) in [7, 11) is 2.02. The largest absolute Gasteiger partial charge is 0.388 e. The molecule has 0 unspecified atom stereocenters. The van der Waals surface area contributed by atoms with Gasteiger partial charge < -0.3 is 20.1 Å². The zero-order chi connectivity index (χ0) is 15.9. The molecule has 3 N–H and O–H groups in total. The van der Waals surface area contributed by atoms with Crippen LogP contribution in [0.25, 0.3) is 0 Å². The fourth-order valence-corrected chi connectivity index (χ4v) is 3.08. The third-order valence-corrected chi connectivity index (χ3v) is 4.53. The van der Waals surface area contributed by atoms with Crippen molar-refractivity contribution >= 4 is 22.4 Å². The van der Waals surface area contributed by atoms with Crippen LogP contribution in [-0.4, -0.2) is 61.0 Å². The zero-order valence-corrected chi connectivity index (χ0v) is 13.9. The number of ether oxygens (including phenoxy) is 1. The van der Waals surface area contributed by atoms with Crippen molar-refractivity contribution in [3.8, 4) is 0 Å².